The number of rotatable bonds is 7. The summed E-state index contributed by atoms with van der Waals surface area (Å²) >= 11 is 5.81. The summed E-state index contributed by atoms with van der Waals surface area (Å²) in [5, 5.41) is 19.7. The van der Waals surface area contributed by atoms with Gasteiger partial charge in [0.25, 0.3) is 5.91 Å². The molecule has 1 atom stereocenters. The lowest BCUT2D eigenvalue weighted by atomic mass is 10.2. The number of hydrogen-bond acceptors (Lipinski definition) is 7. The first-order chi connectivity index (χ1) is 15.7. The van der Waals surface area contributed by atoms with Gasteiger partial charge in [-0.25, -0.2) is 10.2 Å². The summed E-state index contributed by atoms with van der Waals surface area (Å²) in [6, 6.07) is 12.0. The molecule has 1 amide bonds. The molecule has 0 aliphatic rings. The SMILES string of the molecule is Cc1nn(C(C)C(=O)NN=Cc2ccc(OC(=O)c3ccc(Cl)cc3)cc2)c(C)c1[N+](=O)[O-]. The Labute approximate surface area is 194 Å². The van der Waals surface area contributed by atoms with E-state index in [1.165, 1.54) is 24.7 Å². The van der Waals surface area contributed by atoms with Gasteiger partial charge in [-0.05, 0) is 74.9 Å². The summed E-state index contributed by atoms with van der Waals surface area (Å²) in [6.07, 6.45) is 1.42. The Hall–Kier alpha value is -4.05. The van der Waals surface area contributed by atoms with Crippen molar-refractivity contribution in [2.75, 3.05) is 0 Å². The number of esters is 1. The number of amides is 1. The Bertz CT molecular complexity index is 1220. The van der Waals surface area contributed by atoms with E-state index in [1.807, 2.05) is 0 Å². The molecular weight excluding hydrogens is 450 g/mol. The molecular formula is C22H20ClN5O5. The van der Waals surface area contributed by atoms with Crippen LogP contribution in [0.2, 0.25) is 5.02 Å². The minimum Gasteiger partial charge on any atom is -0.423 e. The summed E-state index contributed by atoms with van der Waals surface area (Å²) in [5.41, 5.74) is 3.81. The Balaban J connectivity index is 1.58. The maximum atomic E-state index is 12.4. The highest BCUT2D eigenvalue weighted by Crippen LogP contribution is 2.24. The molecule has 10 nitrogen and oxygen atoms in total. The first-order valence-corrected chi connectivity index (χ1v) is 10.2. The van der Waals surface area contributed by atoms with Crippen LogP contribution in [0, 0.1) is 24.0 Å². The van der Waals surface area contributed by atoms with Crippen LogP contribution >= 0.6 is 11.6 Å². The highest BCUT2D eigenvalue weighted by atomic mass is 35.5. The molecule has 0 radical (unpaired) electrons. The van der Waals surface area contributed by atoms with Gasteiger partial charge in [-0.2, -0.15) is 10.2 Å². The predicted molar refractivity (Wildman–Crippen MR) is 122 cm³/mol. The molecule has 33 heavy (non-hydrogen) atoms. The Morgan fingerprint density at radius 2 is 1.82 bits per heavy atom. The number of hydrogen-bond donors (Lipinski definition) is 1. The largest absolute Gasteiger partial charge is 0.423 e. The van der Waals surface area contributed by atoms with Crippen molar-refractivity contribution < 1.29 is 19.2 Å². The molecule has 3 aromatic rings. The zero-order valence-electron chi connectivity index (χ0n) is 18.0. The molecule has 1 N–H and O–H groups in total. The van der Waals surface area contributed by atoms with E-state index in [2.05, 4.69) is 15.6 Å². The van der Waals surface area contributed by atoms with Gasteiger partial charge in [-0.3, -0.25) is 19.6 Å². The second-order valence-electron chi connectivity index (χ2n) is 7.10. The van der Waals surface area contributed by atoms with E-state index in [0.29, 0.717) is 21.9 Å². The van der Waals surface area contributed by atoms with Crippen molar-refractivity contribution in [3.8, 4) is 5.75 Å². The Morgan fingerprint density at radius 1 is 1.18 bits per heavy atom. The van der Waals surface area contributed by atoms with Gasteiger partial charge in [0.2, 0.25) is 0 Å². The van der Waals surface area contributed by atoms with Gasteiger partial charge in [-0.15, -0.1) is 0 Å². The van der Waals surface area contributed by atoms with Crippen molar-refractivity contribution in [1.82, 2.24) is 15.2 Å². The average molecular weight is 470 g/mol. The van der Waals surface area contributed by atoms with E-state index in [1.54, 1.807) is 55.5 Å². The summed E-state index contributed by atoms with van der Waals surface area (Å²) in [5.74, 6) is -0.658. The maximum absolute atomic E-state index is 12.4. The third-order valence-corrected chi connectivity index (χ3v) is 5.03. The van der Waals surface area contributed by atoms with Crippen LogP contribution < -0.4 is 10.2 Å². The standard InChI is InChI=1S/C22H20ClN5O5/c1-13-20(28(31)32)14(2)27(26-13)15(3)21(29)25-24-12-16-4-10-19(11-5-16)33-22(30)17-6-8-18(23)9-7-17/h4-12,15H,1-3H3,(H,25,29). The fourth-order valence-electron chi connectivity index (χ4n) is 3.04. The minimum absolute atomic E-state index is 0.116. The molecule has 0 aliphatic carbocycles. The lowest BCUT2D eigenvalue weighted by Gasteiger charge is -2.11. The molecule has 0 saturated heterocycles. The molecule has 0 spiro atoms. The quantitative estimate of drug-likeness (QED) is 0.183. The molecule has 170 valence electrons. The molecule has 1 heterocycles. The number of nitrogens with zero attached hydrogens (tertiary/aromatic N) is 4. The number of aryl methyl sites for hydroxylation is 1. The summed E-state index contributed by atoms with van der Waals surface area (Å²) in [6.45, 7) is 4.62. The second-order valence-corrected chi connectivity index (χ2v) is 7.53. The van der Waals surface area contributed by atoms with E-state index in [4.69, 9.17) is 16.3 Å². The monoisotopic (exact) mass is 469 g/mol. The van der Waals surface area contributed by atoms with E-state index < -0.39 is 22.8 Å². The van der Waals surface area contributed by atoms with Crippen LogP contribution in [-0.4, -0.2) is 32.8 Å². The van der Waals surface area contributed by atoms with Gasteiger partial charge < -0.3 is 4.74 Å². The number of aromatic nitrogens is 2. The van der Waals surface area contributed by atoms with Crippen molar-refractivity contribution in [1.29, 1.82) is 0 Å². The van der Waals surface area contributed by atoms with Crippen molar-refractivity contribution in [3.63, 3.8) is 0 Å². The van der Waals surface area contributed by atoms with Crippen molar-refractivity contribution >= 4 is 35.4 Å². The minimum atomic E-state index is -0.802. The topological polar surface area (TPSA) is 129 Å². The number of ether oxygens (including phenoxy) is 1. The number of hydrazone groups is 1. The van der Waals surface area contributed by atoms with Crippen LogP contribution in [0.1, 0.15) is 40.3 Å². The lowest BCUT2D eigenvalue weighted by Crippen LogP contribution is -2.28. The number of benzene rings is 2. The van der Waals surface area contributed by atoms with E-state index in [9.17, 15) is 19.7 Å². The van der Waals surface area contributed by atoms with Gasteiger partial charge in [0.15, 0.2) is 0 Å². The zero-order chi connectivity index (χ0) is 24.1. The smallest absolute Gasteiger partial charge is 0.343 e. The third kappa shape index (κ3) is 5.60. The molecule has 2 aromatic carbocycles. The van der Waals surface area contributed by atoms with E-state index in [-0.39, 0.29) is 17.1 Å². The third-order valence-electron chi connectivity index (χ3n) is 4.77. The lowest BCUT2D eigenvalue weighted by molar-refractivity contribution is -0.386. The van der Waals surface area contributed by atoms with E-state index in [0.717, 1.165) is 0 Å². The number of nitrogens with one attached hydrogen (secondary N) is 1. The molecule has 3 rings (SSSR count). The Morgan fingerprint density at radius 3 is 2.39 bits per heavy atom. The number of nitro groups is 1. The fraction of sp³-hybridized carbons (Fsp3) is 0.182. The van der Waals surface area contributed by atoms with Crippen LogP contribution in [0.25, 0.3) is 0 Å². The molecule has 0 bridgehead atoms. The summed E-state index contributed by atoms with van der Waals surface area (Å²) < 4.78 is 6.60. The van der Waals surface area contributed by atoms with Crippen molar-refractivity contribution in [2.45, 2.75) is 26.8 Å². The first-order valence-electron chi connectivity index (χ1n) is 9.78. The maximum Gasteiger partial charge on any atom is 0.343 e. The van der Waals surface area contributed by atoms with Crippen LogP contribution in [0.3, 0.4) is 0 Å². The van der Waals surface area contributed by atoms with E-state index >= 15 is 0 Å². The second kappa shape index (κ2) is 10.0. The fourth-order valence-corrected chi connectivity index (χ4v) is 3.17. The van der Waals surface area contributed by atoms with Gasteiger partial charge in [0, 0.05) is 5.02 Å². The number of halogens is 1. The molecule has 0 fully saturated rings. The van der Waals surface area contributed by atoms with Crippen LogP contribution in [-0.2, 0) is 4.79 Å². The Kier molecular flexibility index (Phi) is 7.19. The van der Waals surface area contributed by atoms with Crippen molar-refractivity contribution in [2.24, 2.45) is 5.10 Å². The van der Waals surface area contributed by atoms with Crippen molar-refractivity contribution in [3.05, 3.63) is 86.2 Å². The average Bonchev–Trinajstić information content (AvgIpc) is 3.08. The van der Waals surface area contributed by atoms with Gasteiger partial charge in [0.1, 0.15) is 23.2 Å². The molecule has 0 aliphatic heterocycles. The molecule has 0 saturated carbocycles. The van der Waals surface area contributed by atoms with Gasteiger partial charge >= 0.3 is 11.7 Å². The van der Waals surface area contributed by atoms with Crippen LogP contribution in [0.15, 0.2) is 53.6 Å². The number of carbonyl (C=O) groups excluding carboxylic acids is 2. The predicted octanol–water partition coefficient (Wildman–Crippen LogP) is 3.99. The normalized spacial score (nSPS) is 11.9. The van der Waals surface area contributed by atoms with Gasteiger partial charge in [-0.1, -0.05) is 11.6 Å². The molecule has 1 unspecified atom stereocenters. The van der Waals surface area contributed by atoms with Gasteiger partial charge in [0.05, 0.1) is 16.7 Å². The highest BCUT2D eigenvalue weighted by molar-refractivity contribution is 6.30. The van der Waals surface area contributed by atoms with Crippen LogP contribution in [0.4, 0.5) is 5.69 Å². The summed E-state index contributed by atoms with van der Waals surface area (Å²) in [7, 11) is 0. The number of carbonyl (C=O) groups is 2. The van der Waals surface area contributed by atoms with Crippen LogP contribution in [0.5, 0.6) is 5.75 Å². The summed E-state index contributed by atoms with van der Waals surface area (Å²) in [4.78, 5) is 35.1. The first kappa shape index (κ1) is 23.6. The molecule has 1 aromatic heterocycles. The highest BCUT2D eigenvalue weighted by Gasteiger charge is 2.26. The molecule has 11 heteroatoms. The zero-order valence-corrected chi connectivity index (χ0v) is 18.7.